The molecule has 4 amide bonds. The van der Waals surface area contributed by atoms with E-state index in [4.69, 9.17) is 0 Å². The van der Waals surface area contributed by atoms with Crippen LogP contribution in [0.2, 0.25) is 0 Å². The van der Waals surface area contributed by atoms with Crippen molar-refractivity contribution in [3.8, 4) is 0 Å². The summed E-state index contributed by atoms with van der Waals surface area (Å²) in [4.78, 5) is 39.6. The minimum Gasteiger partial charge on any atom is -0.339 e. The van der Waals surface area contributed by atoms with Crippen molar-refractivity contribution >= 4 is 17.8 Å². The maximum Gasteiger partial charge on any atom is 0.324 e. The van der Waals surface area contributed by atoms with Crippen molar-refractivity contribution in [2.75, 3.05) is 19.6 Å². The number of amides is 4. The Morgan fingerprint density at radius 1 is 1.20 bits per heavy atom. The lowest BCUT2D eigenvalue weighted by molar-refractivity contribution is -0.125. The van der Waals surface area contributed by atoms with Crippen LogP contribution < -0.4 is 5.32 Å². The average molecular weight is 345 g/mol. The van der Waals surface area contributed by atoms with Gasteiger partial charge in [-0.25, -0.2) is 4.79 Å². The van der Waals surface area contributed by atoms with Crippen molar-refractivity contribution in [2.24, 2.45) is 5.92 Å². The third kappa shape index (κ3) is 4.38. The number of nitrogens with zero attached hydrogens (tertiary/aromatic N) is 2. The average Bonchev–Trinajstić information content (AvgIpc) is 2.95. The summed E-state index contributed by atoms with van der Waals surface area (Å²) in [5.74, 6) is 0.163. The molecule has 6 nitrogen and oxygen atoms in total. The van der Waals surface area contributed by atoms with Crippen molar-refractivity contribution in [3.63, 3.8) is 0 Å². The fraction of sp³-hybridized carbons (Fsp3) is 0.526. The highest BCUT2D eigenvalue weighted by atomic mass is 16.2. The molecule has 1 saturated heterocycles. The highest BCUT2D eigenvalue weighted by Gasteiger charge is 2.30. The van der Waals surface area contributed by atoms with Gasteiger partial charge in [-0.15, -0.1) is 0 Å². The molecule has 0 atom stereocenters. The van der Waals surface area contributed by atoms with Gasteiger partial charge < -0.3 is 10.2 Å². The zero-order chi connectivity index (χ0) is 18.4. The molecule has 1 heterocycles. The van der Waals surface area contributed by atoms with Gasteiger partial charge in [-0.3, -0.25) is 14.5 Å². The second-order valence-corrected chi connectivity index (χ2v) is 6.32. The topological polar surface area (TPSA) is 69.7 Å². The molecule has 0 radical (unpaired) electrons. The molecule has 1 aliphatic rings. The van der Waals surface area contributed by atoms with E-state index in [1.165, 1.54) is 0 Å². The Bertz CT molecular complexity index is 625. The first-order valence-corrected chi connectivity index (χ1v) is 8.97. The maximum absolute atomic E-state index is 13.0. The van der Waals surface area contributed by atoms with E-state index < -0.39 is 6.03 Å². The van der Waals surface area contributed by atoms with E-state index >= 15 is 0 Å². The van der Waals surface area contributed by atoms with Crippen molar-refractivity contribution in [2.45, 2.75) is 40.2 Å². The zero-order valence-corrected chi connectivity index (χ0v) is 15.2. The zero-order valence-electron chi connectivity index (χ0n) is 15.2. The lowest BCUT2D eigenvalue weighted by Crippen LogP contribution is -2.36. The fourth-order valence-electron chi connectivity index (χ4n) is 3.04. The summed E-state index contributed by atoms with van der Waals surface area (Å²) < 4.78 is 0. The van der Waals surface area contributed by atoms with Crippen LogP contribution in [-0.4, -0.2) is 47.3 Å². The van der Waals surface area contributed by atoms with Gasteiger partial charge in [0.2, 0.25) is 5.91 Å². The summed E-state index contributed by atoms with van der Waals surface area (Å²) in [6, 6.07) is 6.80. The van der Waals surface area contributed by atoms with Gasteiger partial charge in [0, 0.05) is 18.7 Å². The molecule has 0 spiro atoms. The van der Waals surface area contributed by atoms with Crippen molar-refractivity contribution < 1.29 is 14.4 Å². The fourth-order valence-corrected chi connectivity index (χ4v) is 3.04. The van der Waals surface area contributed by atoms with Crippen LogP contribution in [0.15, 0.2) is 24.3 Å². The molecule has 1 fully saturated rings. The Hall–Kier alpha value is -2.37. The van der Waals surface area contributed by atoms with Crippen LogP contribution in [0.25, 0.3) is 0 Å². The van der Waals surface area contributed by atoms with E-state index in [2.05, 4.69) is 19.2 Å². The smallest absolute Gasteiger partial charge is 0.324 e. The molecule has 1 N–H and O–H groups in total. The summed E-state index contributed by atoms with van der Waals surface area (Å²) in [5.41, 5.74) is 1.25. The monoisotopic (exact) mass is 345 g/mol. The van der Waals surface area contributed by atoms with E-state index in [1.54, 1.807) is 12.1 Å². The predicted octanol–water partition coefficient (Wildman–Crippen LogP) is 2.64. The number of nitrogens with one attached hydrogen (secondary N) is 1. The van der Waals surface area contributed by atoms with Gasteiger partial charge in [-0.05, 0) is 24.5 Å². The Morgan fingerprint density at radius 2 is 1.88 bits per heavy atom. The van der Waals surface area contributed by atoms with Crippen LogP contribution in [0.4, 0.5) is 4.79 Å². The summed E-state index contributed by atoms with van der Waals surface area (Å²) in [6.45, 7) is 7.74. The van der Waals surface area contributed by atoms with E-state index in [-0.39, 0.29) is 24.9 Å². The number of imide groups is 1. The lowest BCUT2D eigenvalue weighted by Gasteiger charge is -2.26. The second-order valence-electron chi connectivity index (χ2n) is 6.32. The van der Waals surface area contributed by atoms with Crippen LogP contribution in [-0.2, 0) is 11.3 Å². The normalized spacial score (nSPS) is 14.2. The Labute approximate surface area is 149 Å². The molecule has 0 saturated carbocycles. The maximum atomic E-state index is 13.0. The molecular weight excluding hydrogens is 318 g/mol. The van der Waals surface area contributed by atoms with Gasteiger partial charge in [0.15, 0.2) is 0 Å². The van der Waals surface area contributed by atoms with Gasteiger partial charge >= 0.3 is 6.03 Å². The first kappa shape index (κ1) is 19.0. The van der Waals surface area contributed by atoms with Crippen molar-refractivity contribution in [3.05, 3.63) is 35.4 Å². The lowest BCUT2D eigenvalue weighted by atomic mass is 10.0. The number of benzene rings is 1. The molecule has 0 unspecified atom stereocenters. The summed E-state index contributed by atoms with van der Waals surface area (Å²) in [6.07, 6.45) is 2.06. The number of carbonyl (C=O) groups excluding carboxylic acids is 3. The SMILES string of the molecule is CCC(CC)CN(CC)C(=O)c1ccccc1CN1C(=O)CNC1=O. The van der Waals surface area contributed by atoms with E-state index in [0.717, 1.165) is 24.3 Å². The van der Waals surface area contributed by atoms with Crippen LogP contribution in [0, 0.1) is 5.92 Å². The minimum atomic E-state index is -0.406. The minimum absolute atomic E-state index is 0.0186. The number of hydrogen-bond acceptors (Lipinski definition) is 3. The highest BCUT2D eigenvalue weighted by Crippen LogP contribution is 2.18. The molecule has 0 aliphatic carbocycles. The van der Waals surface area contributed by atoms with Gasteiger partial charge in [0.25, 0.3) is 5.91 Å². The number of carbonyl (C=O) groups is 3. The Balaban J connectivity index is 2.21. The Morgan fingerprint density at radius 3 is 2.44 bits per heavy atom. The van der Waals surface area contributed by atoms with Gasteiger partial charge in [0.1, 0.15) is 0 Å². The molecule has 136 valence electrons. The standard InChI is InChI=1S/C19H27N3O3/c1-4-14(5-2)12-21(6-3)18(24)16-10-8-7-9-15(16)13-22-17(23)11-20-19(22)25/h7-10,14H,4-6,11-13H2,1-3H3,(H,20,25). The van der Waals surface area contributed by atoms with Crippen LogP contribution in [0.5, 0.6) is 0 Å². The molecule has 0 aromatic heterocycles. The quantitative estimate of drug-likeness (QED) is 0.736. The van der Waals surface area contributed by atoms with Gasteiger partial charge in [0.05, 0.1) is 13.1 Å². The third-order valence-electron chi connectivity index (χ3n) is 4.82. The molecule has 25 heavy (non-hydrogen) atoms. The molecule has 2 rings (SSSR count). The summed E-state index contributed by atoms with van der Waals surface area (Å²) >= 11 is 0. The first-order valence-electron chi connectivity index (χ1n) is 8.97. The van der Waals surface area contributed by atoms with E-state index in [0.29, 0.717) is 23.6 Å². The largest absolute Gasteiger partial charge is 0.339 e. The van der Waals surface area contributed by atoms with Crippen molar-refractivity contribution in [1.29, 1.82) is 0 Å². The third-order valence-corrected chi connectivity index (χ3v) is 4.82. The molecule has 1 aromatic rings. The van der Waals surface area contributed by atoms with Crippen LogP contribution in [0.1, 0.15) is 49.5 Å². The number of rotatable bonds is 8. The van der Waals surface area contributed by atoms with Crippen molar-refractivity contribution in [1.82, 2.24) is 15.1 Å². The predicted molar refractivity (Wildman–Crippen MR) is 96.0 cm³/mol. The molecule has 1 aliphatic heterocycles. The number of hydrogen-bond donors (Lipinski definition) is 1. The highest BCUT2D eigenvalue weighted by molar-refractivity contribution is 6.02. The Kier molecular flexibility index (Phi) is 6.56. The second kappa shape index (κ2) is 8.65. The van der Waals surface area contributed by atoms with Gasteiger partial charge in [-0.2, -0.15) is 0 Å². The molecule has 1 aromatic carbocycles. The molecule has 6 heteroatoms. The molecule has 0 bridgehead atoms. The van der Waals surface area contributed by atoms with Crippen LogP contribution in [0.3, 0.4) is 0 Å². The summed E-state index contributed by atoms with van der Waals surface area (Å²) in [7, 11) is 0. The number of urea groups is 1. The molecular formula is C19H27N3O3. The van der Waals surface area contributed by atoms with E-state index in [1.807, 2.05) is 24.0 Å². The summed E-state index contributed by atoms with van der Waals surface area (Å²) in [5, 5.41) is 2.51. The first-order chi connectivity index (χ1) is 12.0. The van der Waals surface area contributed by atoms with E-state index in [9.17, 15) is 14.4 Å². The van der Waals surface area contributed by atoms with Crippen LogP contribution >= 0.6 is 0 Å². The van der Waals surface area contributed by atoms with Gasteiger partial charge in [-0.1, -0.05) is 44.9 Å².